The lowest BCUT2D eigenvalue weighted by molar-refractivity contribution is 0.398. The van der Waals surface area contributed by atoms with Crippen molar-refractivity contribution in [3.8, 4) is 22.8 Å². The number of imidazole rings is 1. The van der Waals surface area contributed by atoms with Gasteiger partial charge in [0.05, 0.1) is 37.2 Å². The van der Waals surface area contributed by atoms with Crippen molar-refractivity contribution in [2.75, 3.05) is 12.8 Å². The molecule has 0 aliphatic carbocycles. The Morgan fingerprint density at radius 1 is 1.05 bits per heavy atom. The highest BCUT2D eigenvalue weighted by molar-refractivity contribution is 5.61. The third-order valence-corrected chi connectivity index (χ3v) is 2.93. The SMILES string of the molecule is COc1ccc(-n2cncc2-c2ccc(N)nc2)cn1. The van der Waals surface area contributed by atoms with Crippen LogP contribution in [0.1, 0.15) is 0 Å². The summed E-state index contributed by atoms with van der Waals surface area (Å²) in [6.07, 6.45) is 6.96. The van der Waals surface area contributed by atoms with Gasteiger partial charge in [-0.15, -0.1) is 0 Å². The summed E-state index contributed by atoms with van der Waals surface area (Å²) in [7, 11) is 1.59. The number of pyridine rings is 2. The summed E-state index contributed by atoms with van der Waals surface area (Å²) in [5, 5.41) is 0. The van der Waals surface area contributed by atoms with Crippen LogP contribution in [0.5, 0.6) is 5.88 Å². The molecule has 3 aromatic rings. The van der Waals surface area contributed by atoms with Gasteiger partial charge < -0.3 is 10.5 Å². The Hall–Kier alpha value is -2.89. The highest BCUT2D eigenvalue weighted by atomic mass is 16.5. The van der Waals surface area contributed by atoms with Gasteiger partial charge in [0.15, 0.2) is 0 Å². The molecule has 0 aliphatic rings. The zero-order valence-electron chi connectivity index (χ0n) is 10.9. The molecule has 20 heavy (non-hydrogen) atoms. The molecule has 0 unspecified atom stereocenters. The second-order valence-electron chi connectivity index (χ2n) is 4.18. The van der Waals surface area contributed by atoms with Crippen molar-refractivity contribution in [2.24, 2.45) is 0 Å². The lowest BCUT2D eigenvalue weighted by atomic mass is 10.2. The molecule has 0 bridgehead atoms. The summed E-state index contributed by atoms with van der Waals surface area (Å²) in [6.45, 7) is 0. The molecule has 3 aromatic heterocycles. The fourth-order valence-corrected chi connectivity index (χ4v) is 1.91. The van der Waals surface area contributed by atoms with Gasteiger partial charge in [-0.3, -0.25) is 4.57 Å². The predicted octanol–water partition coefficient (Wildman–Crippen LogP) is 1.92. The maximum Gasteiger partial charge on any atom is 0.213 e. The van der Waals surface area contributed by atoms with Crippen LogP contribution in [0.3, 0.4) is 0 Å². The molecule has 0 amide bonds. The molecule has 0 spiro atoms. The van der Waals surface area contributed by atoms with Crippen molar-refractivity contribution in [3.05, 3.63) is 49.2 Å². The van der Waals surface area contributed by atoms with Crippen LogP contribution in [0, 0.1) is 0 Å². The average Bonchev–Trinajstić information content (AvgIpc) is 2.97. The summed E-state index contributed by atoms with van der Waals surface area (Å²) in [5.74, 6) is 1.07. The van der Waals surface area contributed by atoms with E-state index < -0.39 is 0 Å². The molecule has 6 heteroatoms. The van der Waals surface area contributed by atoms with E-state index in [0.29, 0.717) is 11.7 Å². The molecule has 3 rings (SSSR count). The van der Waals surface area contributed by atoms with Crippen LogP contribution < -0.4 is 10.5 Å². The first kappa shape index (κ1) is 12.2. The molecule has 0 aromatic carbocycles. The van der Waals surface area contributed by atoms with Gasteiger partial charge in [-0.25, -0.2) is 15.0 Å². The average molecular weight is 267 g/mol. The first-order valence-corrected chi connectivity index (χ1v) is 6.02. The number of anilines is 1. The van der Waals surface area contributed by atoms with Gasteiger partial charge >= 0.3 is 0 Å². The van der Waals surface area contributed by atoms with Gasteiger partial charge in [0, 0.05) is 17.8 Å². The summed E-state index contributed by atoms with van der Waals surface area (Å²) in [6, 6.07) is 7.40. The summed E-state index contributed by atoms with van der Waals surface area (Å²) < 4.78 is 6.98. The quantitative estimate of drug-likeness (QED) is 0.784. The molecule has 0 radical (unpaired) electrons. The van der Waals surface area contributed by atoms with Crippen molar-refractivity contribution in [3.63, 3.8) is 0 Å². The van der Waals surface area contributed by atoms with Crippen molar-refractivity contribution in [1.29, 1.82) is 0 Å². The lowest BCUT2D eigenvalue weighted by Crippen LogP contribution is -1.97. The Labute approximate surface area is 115 Å². The Bertz CT molecular complexity index is 703. The maximum atomic E-state index is 5.60. The van der Waals surface area contributed by atoms with Crippen LogP contribution in [0.2, 0.25) is 0 Å². The van der Waals surface area contributed by atoms with Crippen molar-refractivity contribution < 1.29 is 4.74 Å². The number of hydrogen-bond donors (Lipinski definition) is 1. The number of nitrogen functional groups attached to an aromatic ring is 1. The number of nitrogens with zero attached hydrogens (tertiary/aromatic N) is 4. The molecular weight excluding hydrogens is 254 g/mol. The second kappa shape index (κ2) is 5.00. The number of methoxy groups -OCH3 is 1. The third-order valence-electron chi connectivity index (χ3n) is 2.93. The van der Waals surface area contributed by atoms with Crippen molar-refractivity contribution in [1.82, 2.24) is 19.5 Å². The van der Waals surface area contributed by atoms with Crippen LogP contribution in [0.4, 0.5) is 5.82 Å². The van der Waals surface area contributed by atoms with Gasteiger partial charge in [0.1, 0.15) is 5.82 Å². The molecular formula is C14H13N5O. The van der Waals surface area contributed by atoms with E-state index in [1.165, 1.54) is 0 Å². The zero-order valence-corrected chi connectivity index (χ0v) is 10.9. The van der Waals surface area contributed by atoms with Crippen molar-refractivity contribution >= 4 is 5.82 Å². The molecule has 6 nitrogen and oxygen atoms in total. The van der Waals surface area contributed by atoms with E-state index in [-0.39, 0.29) is 0 Å². The van der Waals surface area contributed by atoms with E-state index in [2.05, 4.69) is 15.0 Å². The lowest BCUT2D eigenvalue weighted by Gasteiger charge is -2.08. The molecule has 100 valence electrons. The molecule has 0 saturated carbocycles. The Kier molecular flexibility index (Phi) is 3.04. The maximum absolute atomic E-state index is 5.60. The number of aromatic nitrogens is 4. The first-order chi connectivity index (χ1) is 9.78. The fraction of sp³-hybridized carbons (Fsp3) is 0.0714. The standard InChI is InChI=1S/C14H13N5O/c1-20-14-5-3-11(7-18-14)19-9-16-8-12(19)10-2-4-13(15)17-6-10/h2-9H,1H3,(H2,15,17). The Morgan fingerprint density at radius 2 is 1.95 bits per heavy atom. The fourth-order valence-electron chi connectivity index (χ4n) is 1.91. The van der Waals surface area contributed by atoms with Gasteiger partial charge in [-0.05, 0) is 18.2 Å². The van der Waals surface area contributed by atoms with E-state index in [0.717, 1.165) is 16.9 Å². The van der Waals surface area contributed by atoms with Crippen LogP contribution in [-0.4, -0.2) is 26.6 Å². The predicted molar refractivity (Wildman–Crippen MR) is 75.6 cm³/mol. The third kappa shape index (κ3) is 2.18. The van der Waals surface area contributed by atoms with Crippen molar-refractivity contribution in [2.45, 2.75) is 0 Å². The molecule has 0 atom stereocenters. The molecule has 3 heterocycles. The van der Waals surface area contributed by atoms with Gasteiger partial charge in [0.2, 0.25) is 5.88 Å². The Morgan fingerprint density at radius 3 is 2.60 bits per heavy atom. The van der Waals surface area contributed by atoms with Gasteiger partial charge in [-0.1, -0.05) is 0 Å². The minimum absolute atomic E-state index is 0.492. The summed E-state index contributed by atoms with van der Waals surface area (Å²) in [4.78, 5) is 12.5. The molecule has 0 saturated heterocycles. The number of rotatable bonds is 3. The summed E-state index contributed by atoms with van der Waals surface area (Å²) in [5.41, 5.74) is 8.36. The van der Waals surface area contributed by atoms with Crippen LogP contribution in [0.25, 0.3) is 16.9 Å². The normalized spacial score (nSPS) is 10.4. The van der Waals surface area contributed by atoms with Crippen LogP contribution in [-0.2, 0) is 0 Å². The smallest absolute Gasteiger partial charge is 0.213 e. The number of ether oxygens (including phenoxy) is 1. The van der Waals surface area contributed by atoms with E-state index in [1.54, 1.807) is 44.2 Å². The van der Waals surface area contributed by atoms with E-state index >= 15 is 0 Å². The van der Waals surface area contributed by atoms with Gasteiger partial charge in [0.25, 0.3) is 0 Å². The number of hydrogen-bond acceptors (Lipinski definition) is 5. The van der Waals surface area contributed by atoms with Crippen LogP contribution >= 0.6 is 0 Å². The van der Waals surface area contributed by atoms with E-state index in [9.17, 15) is 0 Å². The van der Waals surface area contributed by atoms with E-state index in [1.807, 2.05) is 16.7 Å². The zero-order chi connectivity index (χ0) is 13.9. The number of nitrogens with two attached hydrogens (primary N) is 1. The largest absolute Gasteiger partial charge is 0.481 e. The summed E-state index contributed by atoms with van der Waals surface area (Å²) >= 11 is 0. The first-order valence-electron chi connectivity index (χ1n) is 6.02. The second-order valence-corrected chi connectivity index (χ2v) is 4.18. The Balaban J connectivity index is 2.02. The molecule has 2 N–H and O–H groups in total. The highest BCUT2D eigenvalue weighted by Gasteiger charge is 2.08. The minimum atomic E-state index is 0.492. The van der Waals surface area contributed by atoms with E-state index in [4.69, 9.17) is 10.5 Å². The molecule has 0 fully saturated rings. The monoisotopic (exact) mass is 267 g/mol. The minimum Gasteiger partial charge on any atom is -0.481 e. The van der Waals surface area contributed by atoms with Gasteiger partial charge in [-0.2, -0.15) is 0 Å². The van der Waals surface area contributed by atoms with Crippen LogP contribution in [0.15, 0.2) is 49.2 Å². The highest BCUT2D eigenvalue weighted by Crippen LogP contribution is 2.22. The topological polar surface area (TPSA) is 78.9 Å². The molecule has 0 aliphatic heterocycles.